The summed E-state index contributed by atoms with van der Waals surface area (Å²) in [6.07, 6.45) is 21.9. The lowest BCUT2D eigenvalue weighted by Gasteiger charge is -2.16. The highest BCUT2D eigenvalue weighted by Gasteiger charge is 2.18. The molecule has 1 rings (SSSR count). The molecular weight excluding hydrogens is 522 g/mol. The summed E-state index contributed by atoms with van der Waals surface area (Å²) in [7, 11) is -1.97. The SMILES string of the molecule is CCCCCCCCCCCCCCCCCCNC(=O)OCC(CNS(=O)(=O)CC[n+]1ccsc1)OC. The van der Waals surface area contributed by atoms with E-state index in [0.29, 0.717) is 13.1 Å². The van der Waals surface area contributed by atoms with Crippen molar-refractivity contribution in [3.8, 4) is 0 Å². The van der Waals surface area contributed by atoms with E-state index in [4.69, 9.17) is 9.47 Å². The summed E-state index contributed by atoms with van der Waals surface area (Å²) in [6, 6.07) is 0. The third-order valence-electron chi connectivity index (χ3n) is 6.71. The summed E-state index contributed by atoms with van der Waals surface area (Å²) in [5, 5.41) is 4.66. The minimum absolute atomic E-state index is 0.0108. The van der Waals surface area contributed by atoms with Crippen LogP contribution in [0, 0.1) is 0 Å². The van der Waals surface area contributed by atoms with Gasteiger partial charge in [-0.05, 0) is 6.42 Å². The number of methoxy groups -OCH3 is 1. The number of hydrogen-bond acceptors (Lipinski definition) is 6. The van der Waals surface area contributed by atoms with Crippen LogP contribution in [0.15, 0.2) is 17.1 Å². The quantitative estimate of drug-likeness (QED) is 0.105. The average molecular weight is 577 g/mol. The lowest BCUT2D eigenvalue weighted by molar-refractivity contribution is -0.687. The van der Waals surface area contributed by atoms with Gasteiger partial charge in [-0.1, -0.05) is 115 Å². The standard InChI is InChI=1S/C28H53N3O5S2/c1-3-4-5-6-7-8-9-10-11-12-13-14-15-16-17-18-19-29-28(32)36-25-27(35-2)24-30-38(33,34)23-21-31-20-22-37-26-31/h20,22,26-27,30H,3-19,21,23-25H2,1-2H3/p+1. The molecule has 1 aromatic rings. The molecule has 8 nitrogen and oxygen atoms in total. The van der Waals surface area contributed by atoms with Crippen LogP contribution in [-0.2, 0) is 26.0 Å². The lowest BCUT2D eigenvalue weighted by Crippen LogP contribution is -2.41. The zero-order chi connectivity index (χ0) is 27.7. The van der Waals surface area contributed by atoms with Gasteiger partial charge in [0.1, 0.15) is 18.5 Å². The Bertz CT molecular complexity index is 775. The number of alkyl carbamates (subject to hydrolysis) is 1. The highest BCUT2D eigenvalue weighted by Crippen LogP contribution is 2.13. The molecule has 0 aliphatic carbocycles. The van der Waals surface area contributed by atoms with Crippen LogP contribution < -0.4 is 14.6 Å². The predicted octanol–water partition coefficient (Wildman–Crippen LogP) is 5.96. The lowest BCUT2D eigenvalue weighted by atomic mass is 10.0. The molecule has 0 saturated heterocycles. The molecular formula is C28H54N3O5S2+. The van der Waals surface area contributed by atoms with E-state index in [0.717, 1.165) is 12.8 Å². The van der Waals surface area contributed by atoms with Gasteiger partial charge in [0, 0.05) is 20.2 Å². The molecule has 0 bridgehead atoms. The van der Waals surface area contributed by atoms with E-state index >= 15 is 0 Å². The van der Waals surface area contributed by atoms with Crippen molar-refractivity contribution in [3.63, 3.8) is 0 Å². The van der Waals surface area contributed by atoms with Gasteiger partial charge in [0.25, 0.3) is 0 Å². The van der Waals surface area contributed by atoms with Crippen molar-refractivity contribution in [2.75, 3.05) is 32.6 Å². The average Bonchev–Trinajstić information content (AvgIpc) is 3.43. The molecule has 1 amide bonds. The van der Waals surface area contributed by atoms with Crippen LogP contribution in [0.25, 0.3) is 0 Å². The fourth-order valence-corrected chi connectivity index (χ4v) is 5.86. The van der Waals surface area contributed by atoms with Gasteiger partial charge in [-0.3, -0.25) is 0 Å². The summed E-state index contributed by atoms with van der Waals surface area (Å²) in [6.45, 7) is 3.28. The zero-order valence-corrected chi connectivity index (χ0v) is 25.6. The van der Waals surface area contributed by atoms with Crippen LogP contribution in [-0.4, -0.2) is 53.2 Å². The van der Waals surface area contributed by atoms with Crippen LogP contribution in [0.2, 0.25) is 0 Å². The van der Waals surface area contributed by atoms with Gasteiger partial charge < -0.3 is 14.8 Å². The number of aromatic nitrogens is 1. The first-order valence-electron chi connectivity index (χ1n) is 14.8. The predicted molar refractivity (Wildman–Crippen MR) is 156 cm³/mol. The van der Waals surface area contributed by atoms with E-state index in [1.807, 2.05) is 21.7 Å². The van der Waals surface area contributed by atoms with Crippen LogP contribution in [0.1, 0.15) is 110 Å². The molecule has 0 aliphatic rings. The first-order valence-corrected chi connectivity index (χ1v) is 17.4. The van der Waals surface area contributed by atoms with Crippen LogP contribution in [0.5, 0.6) is 0 Å². The van der Waals surface area contributed by atoms with Crippen molar-refractivity contribution < 1.29 is 27.3 Å². The number of sulfonamides is 1. The number of amides is 1. The molecule has 0 fully saturated rings. The molecule has 1 unspecified atom stereocenters. The highest BCUT2D eigenvalue weighted by atomic mass is 32.2. The first-order chi connectivity index (χ1) is 18.5. The molecule has 0 saturated carbocycles. The van der Waals surface area contributed by atoms with Crippen molar-refractivity contribution in [2.45, 2.75) is 122 Å². The number of rotatable bonds is 26. The largest absolute Gasteiger partial charge is 0.447 e. The van der Waals surface area contributed by atoms with Crippen molar-refractivity contribution in [2.24, 2.45) is 0 Å². The summed E-state index contributed by atoms with van der Waals surface area (Å²) < 4.78 is 39.1. The Morgan fingerprint density at radius 2 is 1.45 bits per heavy atom. The summed E-state index contributed by atoms with van der Waals surface area (Å²) in [5.41, 5.74) is 1.86. The molecule has 0 radical (unpaired) electrons. The van der Waals surface area contributed by atoms with E-state index in [1.54, 1.807) is 0 Å². The topological polar surface area (TPSA) is 97.6 Å². The molecule has 38 heavy (non-hydrogen) atoms. The number of nitrogens with zero attached hydrogens (tertiary/aromatic N) is 1. The van der Waals surface area contributed by atoms with E-state index < -0.39 is 22.2 Å². The second-order valence-corrected chi connectivity index (χ2v) is 12.8. The minimum Gasteiger partial charge on any atom is -0.447 e. The van der Waals surface area contributed by atoms with Crippen LogP contribution in [0.3, 0.4) is 0 Å². The van der Waals surface area contributed by atoms with E-state index in [-0.39, 0.29) is 18.9 Å². The van der Waals surface area contributed by atoms with Gasteiger partial charge in [0.05, 0.1) is 5.38 Å². The van der Waals surface area contributed by atoms with Crippen molar-refractivity contribution in [1.82, 2.24) is 10.0 Å². The Kier molecular flexibility index (Phi) is 21.6. The minimum atomic E-state index is -3.44. The number of aryl methyl sites for hydroxylation is 1. The van der Waals surface area contributed by atoms with E-state index in [2.05, 4.69) is 17.0 Å². The smallest absolute Gasteiger partial charge is 0.407 e. The van der Waals surface area contributed by atoms with Gasteiger partial charge in [-0.2, -0.15) is 4.57 Å². The molecule has 222 valence electrons. The van der Waals surface area contributed by atoms with E-state index in [1.165, 1.54) is 108 Å². The number of hydrogen-bond donors (Lipinski definition) is 2. The maximum absolute atomic E-state index is 12.2. The third-order valence-corrected chi connectivity index (χ3v) is 8.71. The molecule has 1 atom stereocenters. The van der Waals surface area contributed by atoms with Gasteiger partial charge in [0.2, 0.25) is 15.5 Å². The van der Waals surface area contributed by atoms with Crippen molar-refractivity contribution in [3.05, 3.63) is 17.1 Å². The normalized spacial score (nSPS) is 12.5. The number of nitrogens with one attached hydrogen (secondary N) is 2. The Hall–Kier alpha value is -1.23. The van der Waals surface area contributed by atoms with Gasteiger partial charge in [-0.15, -0.1) is 0 Å². The molecule has 10 heteroatoms. The molecule has 1 heterocycles. The molecule has 1 aromatic heterocycles. The number of ether oxygens (including phenoxy) is 2. The monoisotopic (exact) mass is 576 g/mol. The Balaban J connectivity index is 1.91. The van der Waals surface area contributed by atoms with Gasteiger partial charge in [0.15, 0.2) is 12.7 Å². The summed E-state index contributed by atoms with van der Waals surface area (Å²) in [5.74, 6) is -0.0223. The summed E-state index contributed by atoms with van der Waals surface area (Å²) >= 11 is 1.51. The summed E-state index contributed by atoms with van der Waals surface area (Å²) in [4.78, 5) is 11.9. The second kappa shape index (κ2) is 23.6. The van der Waals surface area contributed by atoms with Crippen molar-refractivity contribution in [1.29, 1.82) is 0 Å². The van der Waals surface area contributed by atoms with Crippen LogP contribution >= 0.6 is 11.3 Å². The highest BCUT2D eigenvalue weighted by molar-refractivity contribution is 7.89. The number of thiazole rings is 1. The maximum atomic E-state index is 12.2. The number of unbranched alkanes of at least 4 members (excludes halogenated alkanes) is 15. The molecule has 2 N–H and O–H groups in total. The zero-order valence-electron chi connectivity index (χ0n) is 24.0. The first kappa shape index (κ1) is 34.8. The second-order valence-electron chi connectivity index (χ2n) is 10.1. The Labute approximate surface area is 236 Å². The molecule has 0 spiro atoms. The maximum Gasteiger partial charge on any atom is 0.407 e. The fraction of sp³-hybridized carbons (Fsp3) is 0.857. The molecule has 0 aromatic carbocycles. The third kappa shape index (κ3) is 20.7. The molecule has 0 aliphatic heterocycles. The Morgan fingerprint density at radius 3 is 1.95 bits per heavy atom. The van der Waals surface area contributed by atoms with Gasteiger partial charge in [-0.25, -0.2) is 17.9 Å². The van der Waals surface area contributed by atoms with Gasteiger partial charge >= 0.3 is 6.09 Å². The van der Waals surface area contributed by atoms with E-state index in [9.17, 15) is 13.2 Å². The Morgan fingerprint density at radius 1 is 0.895 bits per heavy atom. The van der Waals surface area contributed by atoms with Crippen LogP contribution in [0.4, 0.5) is 4.79 Å². The van der Waals surface area contributed by atoms with Crippen molar-refractivity contribution >= 4 is 27.5 Å². The fourth-order valence-electron chi connectivity index (χ4n) is 4.20. The number of carbonyl (C=O) groups is 1. The number of carbonyl (C=O) groups excluding carboxylic acids is 1.